The van der Waals surface area contributed by atoms with E-state index in [-0.39, 0.29) is 23.1 Å². The number of allylic oxidation sites excluding steroid dienone is 1. The van der Waals surface area contributed by atoms with Gasteiger partial charge in [0, 0.05) is 23.0 Å². The number of ether oxygens (including phenoxy) is 2. The number of ketones is 1. The highest BCUT2D eigenvalue weighted by molar-refractivity contribution is 9.10. The Morgan fingerprint density at radius 2 is 2.03 bits per heavy atom. The van der Waals surface area contributed by atoms with Crippen LogP contribution < -0.4 is 9.47 Å². The summed E-state index contributed by atoms with van der Waals surface area (Å²) in [5, 5.41) is 3.79. The number of halogens is 2. The average Bonchev–Trinajstić information content (AvgIpc) is 3.25. The number of carbonyl (C=O) groups excluding carboxylic acids is 2. The Balaban J connectivity index is 1.44. The number of Topliss-reactive ketones (excluding diaryl/α,β-unsaturated/α-hetero) is 1. The van der Waals surface area contributed by atoms with E-state index < -0.39 is 5.97 Å². The molecule has 1 aliphatic rings. The molecule has 0 amide bonds. The highest BCUT2D eigenvalue weighted by Crippen LogP contribution is 2.35. The molecule has 0 bridgehead atoms. The molecule has 0 saturated carbocycles. The lowest BCUT2D eigenvalue weighted by atomic mass is 10.1. The Labute approximate surface area is 179 Å². The first kappa shape index (κ1) is 19.4. The van der Waals surface area contributed by atoms with Crippen molar-refractivity contribution in [2.24, 2.45) is 0 Å². The SMILES string of the molecule is O=C(CCc1cc(Cl)no1)Oc1ccc2c(c1)O/C(=C\c1ccccc1Br)C2=O. The van der Waals surface area contributed by atoms with Crippen molar-refractivity contribution in [1.29, 1.82) is 0 Å². The van der Waals surface area contributed by atoms with Gasteiger partial charge < -0.3 is 14.0 Å². The molecule has 4 rings (SSSR count). The molecule has 0 unspecified atom stereocenters. The third kappa shape index (κ3) is 4.41. The zero-order valence-corrected chi connectivity index (χ0v) is 17.2. The minimum atomic E-state index is -0.453. The second kappa shape index (κ2) is 8.23. The maximum Gasteiger partial charge on any atom is 0.311 e. The van der Waals surface area contributed by atoms with E-state index in [1.807, 2.05) is 24.3 Å². The number of aromatic nitrogens is 1. The summed E-state index contributed by atoms with van der Waals surface area (Å²) in [6.07, 6.45) is 2.08. The van der Waals surface area contributed by atoms with Crippen LogP contribution in [0, 0.1) is 0 Å². The lowest BCUT2D eigenvalue weighted by Crippen LogP contribution is -2.08. The summed E-state index contributed by atoms with van der Waals surface area (Å²) in [6.45, 7) is 0. The number of hydrogen-bond donors (Lipinski definition) is 0. The van der Waals surface area contributed by atoms with Crippen molar-refractivity contribution >= 4 is 45.4 Å². The van der Waals surface area contributed by atoms with Crippen molar-refractivity contribution in [3.63, 3.8) is 0 Å². The maximum atomic E-state index is 12.6. The van der Waals surface area contributed by atoms with Crippen LogP contribution in [0.25, 0.3) is 6.08 Å². The standard InChI is InChI=1S/C21H13BrClNO5/c22-16-4-2-1-3-12(16)9-18-21(26)15-7-5-13(10-17(15)28-18)27-20(25)8-6-14-11-19(23)24-29-14/h1-5,7,9-11H,6,8H2/b18-9-. The van der Waals surface area contributed by atoms with Crippen molar-refractivity contribution in [2.75, 3.05) is 0 Å². The fraction of sp³-hybridized carbons (Fsp3) is 0.0952. The van der Waals surface area contributed by atoms with Gasteiger partial charge in [0.05, 0.1) is 12.0 Å². The van der Waals surface area contributed by atoms with Crippen LogP contribution in [0.3, 0.4) is 0 Å². The number of aryl methyl sites for hydroxylation is 1. The minimum Gasteiger partial charge on any atom is -0.452 e. The van der Waals surface area contributed by atoms with Crippen LogP contribution in [0.4, 0.5) is 0 Å². The van der Waals surface area contributed by atoms with E-state index >= 15 is 0 Å². The van der Waals surface area contributed by atoms with Gasteiger partial charge in [-0.1, -0.05) is 50.9 Å². The van der Waals surface area contributed by atoms with E-state index in [0.29, 0.717) is 29.2 Å². The third-order valence-electron chi connectivity index (χ3n) is 4.17. The van der Waals surface area contributed by atoms with E-state index in [0.717, 1.165) is 10.0 Å². The van der Waals surface area contributed by atoms with E-state index in [1.165, 1.54) is 6.07 Å². The Bertz CT molecular complexity index is 1140. The third-order valence-corrected chi connectivity index (χ3v) is 5.07. The molecule has 2 heterocycles. The molecule has 0 spiro atoms. The molecule has 0 fully saturated rings. The average molecular weight is 475 g/mol. The van der Waals surface area contributed by atoms with Crippen LogP contribution in [0.15, 0.2) is 63.3 Å². The summed E-state index contributed by atoms with van der Waals surface area (Å²) in [6, 6.07) is 13.7. The summed E-state index contributed by atoms with van der Waals surface area (Å²) < 4.78 is 16.8. The van der Waals surface area contributed by atoms with Crippen molar-refractivity contribution in [1.82, 2.24) is 5.16 Å². The Hall–Kier alpha value is -2.90. The van der Waals surface area contributed by atoms with Gasteiger partial charge in [-0.15, -0.1) is 0 Å². The van der Waals surface area contributed by atoms with Gasteiger partial charge in [-0.2, -0.15) is 0 Å². The Morgan fingerprint density at radius 3 is 2.79 bits per heavy atom. The van der Waals surface area contributed by atoms with Crippen molar-refractivity contribution < 1.29 is 23.6 Å². The number of rotatable bonds is 5. The number of esters is 1. The van der Waals surface area contributed by atoms with E-state index in [2.05, 4.69) is 21.1 Å². The highest BCUT2D eigenvalue weighted by atomic mass is 79.9. The molecule has 1 aromatic heterocycles. The van der Waals surface area contributed by atoms with Crippen LogP contribution in [-0.2, 0) is 11.2 Å². The summed E-state index contributed by atoms with van der Waals surface area (Å²) in [7, 11) is 0. The fourth-order valence-electron chi connectivity index (χ4n) is 2.78. The van der Waals surface area contributed by atoms with Crippen LogP contribution in [0.2, 0.25) is 5.15 Å². The molecule has 2 aromatic carbocycles. The monoisotopic (exact) mass is 473 g/mol. The topological polar surface area (TPSA) is 78.6 Å². The number of nitrogens with zero attached hydrogens (tertiary/aromatic N) is 1. The summed E-state index contributed by atoms with van der Waals surface area (Å²) >= 11 is 9.12. The quantitative estimate of drug-likeness (QED) is 0.286. The van der Waals surface area contributed by atoms with E-state index in [4.69, 9.17) is 25.6 Å². The lowest BCUT2D eigenvalue weighted by molar-refractivity contribution is -0.134. The lowest BCUT2D eigenvalue weighted by Gasteiger charge is -2.05. The first-order valence-corrected chi connectivity index (χ1v) is 9.81. The molecule has 3 aromatic rings. The van der Waals surface area contributed by atoms with Crippen LogP contribution >= 0.6 is 27.5 Å². The molecule has 0 N–H and O–H groups in total. The maximum absolute atomic E-state index is 12.6. The zero-order chi connectivity index (χ0) is 20.4. The van der Waals surface area contributed by atoms with Gasteiger partial charge in [0.1, 0.15) is 17.3 Å². The largest absolute Gasteiger partial charge is 0.452 e. The highest BCUT2D eigenvalue weighted by Gasteiger charge is 2.28. The first-order chi connectivity index (χ1) is 14.0. The van der Waals surface area contributed by atoms with Gasteiger partial charge in [-0.05, 0) is 29.8 Å². The van der Waals surface area contributed by atoms with E-state index in [9.17, 15) is 9.59 Å². The smallest absolute Gasteiger partial charge is 0.311 e. The van der Waals surface area contributed by atoms with Crippen LogP contribution in [-0.4, -0.2) is 16.9 Å². The first-order valence-electron chi connectivity index (χ1n) is 8.64. The van der Waals surface area contributed by atoms with Gasteiger partial charge in [0.25, 0.3) is 0 Å². The second-order valence-corrected chi connectivity index (χ2v) is 7.45. The van der Waals surface area contributed by atoms with Crippen molar-refractivity contribution in [3.05, 3.63) is 80.8 Å². The van der Waals surface area contributed by atoms with Gasteiger partial charge in [0.2, 0.25) is 5.78 Å². The normalized spacial score (nSPS) is 14.0. The molecule has 0 atom stereocenters. The fourth-order valence-corrected chi connectivity index (χ4v) is 3.33. The number of hydrogen-bond acceptors (Lipinski definition) is 6. The van der Waals surface area contributed by atoms with Crippen molar-refractivity contribution in [3.8, 4) is 11.5 Å². The molecular weight excluding hydrogens is 462 g/mol. The number of fused-ring (bicyclic) bond motifs is 1. The predicted octanol–water partition coefficient (Wildman–Crippen LogP) is 5.24. The molecule has 146 valence electrons. The van der Waals surface area contributed by atoms with Gasteiger partial charge in [0.15, 0.2) is 10.9 Å². The van der Waals surface area contributed by atoms with Crippen LogP contribution in [0.1, 0.15) is 28.1 Å². The Kier molecular flexibility index (Phi) is 5.51. The molecule has 0 saturated heterocycles. The minimum absolute atomic E-state index is 0.0928. The molecule has 0 radical (unpaired) electrons. The molecule has 1 aliphatic heterocycles. The zero-order valence-electron chi connectivity index (χ0n) is 14.9. The number of benzene rings is 2. The van der Waals surface area contributed by atoms with Gasteiger partial charge in [-0.3, -0.25) is 9.59 Å². The molecular formula is C21H13BrClNO5. The van der Waals surface area contributed by atoms with E-state index in [1.54, 1.807) is 24.3 Å². The molecule has 0 aliphatic carbocycles. The molecule has 8 heteroatoms. The summed E-state index contributed by atoms with van der Waals surface area (Å²) in [5.41, 5.74) is 1.24. The summed E-state index contributed by atoms with van der Waals surface area (Å²) in [5.74, 6) is 0.663. The summed E-state index contributed by atoms with van der Waals surface area (Å²) in [4.78, 5) is 24.6. The van der Waals surface area contributed by atoms with Gasteiger partial charge in [-0.25, -0.2) is 0 Å². The molecule has 6 nitrogen and oxygen atoms in total. The Morgan fingerprint density at radius 1 is 1.21 bits per heavy atom. The van der Waals surface area contributed by atoms with Gasteiger partial charge >= 0.3 is 5.97 Å². The second-order valence-electron chi connectivity index (χ2n) is 6.21. The van der Waals surface area contributed by atoms with Crippen molar-refractivity contribution in [2.45, 2.75) is 12.8 Å². The molecule has 29 heavy (non-hydrogen) atoms. The number of carbonyl (C=O) groups is 2. The predicted molar refractivity (Wildman–Crippen MR) is 109 cm³/mol. The van der Waals surface area contributed by atoms with Crippen LogP contribution in [0.5, 0.6) is 11.5 Å².